The Kier molecular flexibility index (Phi) is 5.61. The molecule has 1 aromatic heterocycles. The van der Waals surface area contributed by atoms with Gasteiger partial charge in [-0.2, -0.15) is 5.10 Å². The van der Waals surface area contributed by atoms with Gasteiger partial charge in [-0.15, -0.1) is 0 Å². The van der Waals surface area contributed by atoms with Gasteiger partial charge in [-0.3, -0.25) is 9.48 Å². The number of carbonyl (C=O) groups is 1. The molecule has 0 saturated heterocycles. The molecule has 0 unspecified atom stereocenters. The van der Waals surface area contributed by atoms with Crippen molar-refractivity contribution in [2.24, 2.45) is 11.7 Å². The molecular weight excluding hydrogens is 388 g/mol. The SMILES string of the molecule is C[C@H](N[C@@H]1CC[C@H](n2cc(C(N)=O)c(Nc3ccc(Cl)cc3)n2)C(=N)C1)C1CC1. The Morgan fingerprint density at radius 3 is 2.62 bits per heavy atom. The monoisotopic (exact) mass is 414 g/mol. The lowest BCUT2D eigenvalue weighted by Gasteiger charge is -2.32. The average Bonchev–Trinajstić information content (AvgIpc) is 3.45. The molecule has 154 valence electrons. The Hall–Kier alpha value is -2.38. The molecule has 1 heterocycles. The highest BCUT2D eigenvalue weighted by Gasteiger charge is 2.33. The van der Waals surface area contributed by atoms with Crippen LogP contribution in [0.15, 0.2) is 30.5 Å². The van der Waals surface area contributed by atoms with Crippen LogP contribution in [0.2, 0.25) is 5.02 Å². The Morgan fingerprint density at radius 2 is 2.00 bits per heavy atom. The number of nitrogens with zero attached hydrogens (tertiary/aromatic N) is 2. The van der Waals surface area contributed by atoms with Crippen molar-refractivity contribution in [3.8, 4) is 0 Å². The van der Waals surface area contributed by atoms with E-state index in [1.165, 1.54) is 12.8 Å². The van der Waals surface area contributed by atoms with Crippen molar-refractivity contribution in [2.75, 3.05) is 5.32 Å². The van der Waals surface area contributed by atoms with Gasteiger partial charge in [0.1, 0.15) is 5.56 Å². The molecule has 0 aliphatic heterocycles. The molecule has 2 aliphatic rings. The van der Waals surface area contributed by atoms with Crippen LogP contribution in [-0.2, 0) is 0 Å². The van der Waals surface area contributed by atoms with Gasteiger partial charge in [-0.05, 0) is 62.8 Å². The van der Waals surface area contributed by atoms with Crippen LogP contribution in [0.25, 0.3) is 0 Å². The normalized spacial score (nSPS) is 23.0. The molecule has 2 saturated carbocycles. The highest BCUT2D eigenvalue weighted by molar-refractivity contribution is 6.30. The van der Waals surface area contributed by atoms with Crippen LogP contribution < -0.4 is 16.4 Å². The summed E-state index contributed by atoms with van der Waals surface area (Å²) in [5.41, 5.74) is 7.27. The highest BCUT2D eigenvalue weighted by Crippen LogP contribution is 2.34. The molecule has 3 atom stereocenters. The van der Waals surface area contributed by atoms with Gasteiger partial charge in [-0.1, -0.05) is 11.6 Å². The second-order valence-electron chi connectivity index (χ2n) is 8.18. The van der Waals surface area contributed by atoms with Crippen molar-refractivity contribution in [3.63, 3.8) is 0 Å². The van der Waals surface area contributed by atoms with Gasteiger partial charge in [0, 0.05) is 41.1 Å². The maximum atomic E-state index is 11.9. The minimum absolute atomic E-state index is 0.150. The molecule has 7 nitrogen and oxygen atoms in total. The van der Waals surface area contributed by atoms with Gasteiger partial charge in [0.15, 0.2) is 5.82 Å². The maximum Gasteiger partial charge on any atom is 0.254 e. The van der Waals surface area contributed by atoms with Gasteiger partial charge in [0.25, 0.3) is 5.91 Å². The Bertz CT molecular complexity index is 904. The molecule has 2 aliphatic carbocycles. The van der Waals surface area contributed by atoms with Gasteiger partial charge in [0.05, 0.1) is 6.04 Å². The molecule has 0 radical (unpaired) electrons. The first-order valence-electron chi connectivity index (χ1n) is 10.2. The van der Waals surface area contributed by atoms with Crippen LogP contribution in [0.3, 0.4) is 0 Å². The van der Waals surface area contributed by atoms with E-state index in [2.05, 4.69) is 22.7 Å². The first-order chi connectivity index (χ1) is 13.9. The summed E-state index contributed by atoms with van der Waals surface area (Å²) >= 11 is 5.93. The Labute approximate surface area is 175 Å². The van der Waals surface area contributed by atoms with Crippen LogP contribution in [0, 0.1) is 11.3 Å². The van der Waals surface area contributed by atoms with Crippen molar-refractivity contribution >= 4 is 34.7 Å². The van der Waals surface area contributed by atoms with E-state index in [4.69, 9.17) is 22.7 Å². The van der Waals surface area contributed by atoms with E-state index in [1.807, 2.05) is 12.1 Å². The van der Waals surface area contributed by atoms with E-state index in [0.717, 1.165) is 24.4 Å². The quantitative estimate of drug-likeness (QED) is 0.551. The average molecular weight is 415 g/mol. The summed E-state index contributed by atoms with van der Waals surface area (Å²) < 4.78 is 1.71. The number of benzene rings is 1. The fraction of sp³-hybridized carbons (Fsp3) is 0.476. The van der Waals surface area contributed by atoms with Crippen LogP contribution in [0.5, 0.6) is 0 Å². The summed E-state index contributed by atoms with van der Waals surface area (Å²) in [6, 6.07) is 7.86. The van der Waals surface area contributed by atoms with E-state index in [1.54, 1.807) is 23.0 Å². The van der Waals surface area contributed by atoms with Gasteiger partial charge >= 0.3 is 0 Å². The zero-order chi connectivity index (χ0) is 20.5. The van der Waals surface area contributed by atoms with E-state index in [0.29, 0.717) is 40.6 Å². The number of nitrogens with two attached hydrogens (primary N) is 1. The van der Waals surface area contributed by atoms with Gasteiger partial charge in [0.2, 0.25) is 0 Å². The fourth-order valence-electron chi connectivity index (χ4n) is 4.07. The molecule has 8 heteroatoms. The van der Waals surface area contributed by atoms with Gasteiger partial charge in [-0.25, -0.2) is 0 Å². The first-order valence-corrected chi connectivity index (χ1v) is 10.5. The molecule has 1 aromatic carbocycles. The minimum Gasteiger partial charge on any atom is -0.365 e. The molecule has 2 fully saturated rings. The number of hydrogen-bond acceptors (Lipinski definition) is 5. The molecule has 5 N–H and O–H groups in total. The molecule has 1 amide bonds. The summed E-state index contributed by atoms with van der Waals surface area (Å²) in [4.78, 5) is 11.9. The number of nitrogens with one attached hydrogen (secondary N) is 3. The maximum absolute atomic E-state index is 11.9. The number of primary amides is 1. The third-order valence-electron chi connectivity index (χ3n) is 5.91. The minimum atomic E-state index is -0.548. The number of hydrogen-bond donors (Lipinski definition) is 4. The summed E-state index contributed by atoms with van der Waals surface area (Å²) in [6.45, 7) is 2.24. The van der Waals surface area contributed by atoms with Crippen molar-refractivity contribution in [2.45, 2.75) is 57.2 Å². The number of anilines is 2. The molecule has 0 spiro atoms. The van der Waals surface area contributed by atoms with Crippen molar-refractivity contribution < 1.29 is 4.79 Å². The summed E-state index contributed by atoms with van der Waals surface area (Å²) in [7, 11) is 0. The summed E-state index contributed by atoms with van der Waals surface area (Å²) in [5.74, 6) is 0.649. The highest BCUT2D eigenvalue weighted by atomic mass is 35.5. The fourth-order valence-corrected chi connectivity index (χ4v) is 4.19. The predicted octanol–water partition coefficient (Wildman–Crippen LogP) is 3.88. The number of amides is 1. The van der Waals surface area contributed by atoms with E-state index >= 15 is 0 Å². The predicted molar refractivity (Wildman–Crippen MR) is 115 cm³/mol. The lowest BCUT2D eigenvalue weighted by atomic mass is 9.89. The molecule has 29 heavy (non-hydrogen) atoms. The largest absolute Gasteiger partial charge is 0.365 e. The Morgan fingerprint density at radius 1 is 1.28 bits per heavy atom. The molecular formula is C21H27ClN6O. The molecule has 2 aromatic rings. The lowest BCUT2D eigenvalue weighted by molar-refractivity contribution is 0.100. The number of carbonyl (C=O) groups excluding carboxylic acids is 1. The topological polar surface area (TPSA) is 109 Å². The smallest absolute Gasteiger partial charge is 0.254 e. The van der Waals surface area contributed by atoms with Crippen LogP contribution in [-0.4, -0.2) is 33.5 Å². The van der Waals surface area contributed by atoms with Crippen LogP contribution in [0.1, 0.15) is 55.4 Å². The van der Waals surface area contributed by atoms with Crippen molar-refractivity contribution in [3.05, 3.63) is 41.0 Å². The van der Waals surface area contributed by atoms with E-state index < -0.39 is 5.91 Å². The van der Waals surface area contributed by atoms with Crippen molar-refractivity contribution in [1.82, 2.24) is 15.1 Å². The summed E-state index contributed by atoms with van der Waals surface area (Å²) in [5, 5.41) is 20.6. The lowest BCUT2D eigenvalue weighted by Crippen LogP contribution is -2.43. The molecule has 4 rings (SSSR count). The number of rotatable bonds is 7. The first kappa shape index (κ1) is 19.9. The van der Waals surface area contributed by atoms with E-state index in [-0.39, 0.29) is 6.04 Å². The van der Waals surface area contributed by atoms with E-state index in [9.17, 15) is 4.79 Å². The summed E-state index contributed by atoms with van der Waals surface area (Å²) in [6.07, 6.45) is 6.78. The number of halogens is 1. The Balaban J connectivity index is 1.47. The third kappa shape index (κ3) is 4.62. The standard InChI is InChI=1S/C21H27ClN6O/c1-12(13-2-3-13)25-16-8-9-19(18(23)10-16)28-11-17(20(24)29)21(27-28)26-15-6-4-14(22)5-7-15/h4-7,11-13,16,19,23,25H,2-3,8-10H2,1H3,(H2,24,29)(H,26,27)/t12-,16+,19-/m0/s1. The zero-order valence-corrected chi connectivity index (χ0v) is 17.2. The number of aromatic nitrogens is 2. The second-order valence-corrected chi connectivity index (χ2v) is 8.62. The van der Waals surface area contributed by atoms with Crippen LogP contribution in [0.4, 0.5) is 11.5 Å². The molecule has 0 bridgehead atoms. The second kappa shape index (κ2) is 8.16. The third-order valence-corrected chi connectivity index (χ3v) is 6.16. The van der Waals surface area contributed by atoms with Crippen molar-refractivity contribution in [1.29, 1.82) is 5.41 Å². The zero-order valence-electron chi connectivity index (χ0n) is 16.5. The van der Waals surface area contributed by atoms with Gasteiger partial charge < -0.3 is 21.8 Å². The van der Waals surface area contributed by atoms with Crippen LogP contribution >= 0.6 is 11.6 Å².